The molecule has 0 spiro atoms. The van der Waals surface area contributed by atoms with Crippen LogP contribution in [0.3, 0.4) is 0 Å². The molecule has 18 heavy (non-hydrogen) atoms. The first-order chi connectivity index (χ1) is 8.65. The standard InChI is InChI=1S/C13H12ClN3O/c1-9-5-6-10(14)8-11(9)16-13(18)17-12-4-2-3-7-15-12/h2-8H,1H3,(H2,15,16,17,18). The van der Waals surface area contributed by atoms with E-state index in [1.807, 2.05) is 13.0 Å². The van der Waals surface area contributed by atoms with Gasteiger partial charge in [-0.15, -0.1) is 0 Å². The molecule has 0 saturated carbocycles. The summed E-state index contributed by atoms with van der Waals surface area (Å²) in [6.45, 7) is 1.90. The molecular formula is C13H12ClN3O. The molecule has 0 unspecified atom stereocenters. The molecule has 0 aliphatic rings. The van der Waals surface area contributed by atoms with Gasteiger partial charge in [0, 0.05) is 16.9 Å². The van der Waals surface area contributed by atoms with E-state index in [1.165, 1.54) is 0 Å². The fourth-order valence-corrected chi connectivity index (χ4v) is 1.61. The third-order valence-electron chi connectivity index (χ3n) is 2.35. The highest BCUT2D eigenvalue weighted by molar-refractivity contribution is 6.31. The van der Waals surface area contributed by atoms with Gasteiger partial charge < -0.3 is 5.32 Å². The number of anilines is 2. The van der Waals surface area contributed by atoms with Gasteiger partial charge in [-0.3, -0.25) is 5.32 Å². The molecule has 2 amide bonds. The molecule has 4 nitrogen and oxygen atoms in total. The molecule has 0 bridgehead atoms. The average Bonchev–Trinajstić information content (AvgIpc) is 2.35. The Labute approximate surface area is 110 Å². The van der Waals surface area contributed by atoms with Crippen LogP contribution in [0.4, 0.5) is 16.3 Å². The van der Waals surface area contributed by atoms with Crippen LogP contribution in [0.25, 0.3) is 0 Å². The zero-order valence-corrected chi connectivity index (χ0v) is 10.5. The number of amides is 2. The Morgan fingerprint density at radius 3 is 2.78 bits per heavy atom. The Bertz CT molecular complexity index is 557. The number of halogens is 1. The van der Waals surface area contributed by atoms with Crippen LogP contribution in [0.2, 0.25) is 5.02 Å². The molecule has 92 valence electrons. The number of hydrogen-bond acceptors (Lipinski definition) is 2. The summed E-state index contributed by atoms with van der Waals surface area (Å²) in [5, 5.41) is 5.94. The Kier molecular flexibility index (Phi) is 3.79. The number of hydrogen-bond donors (Lipinski definition) is 2. The molecule has 0 fully saturated rings. The molecule has 0 atom stereocenters. The molecule has 0 aliphatic heterocycles. The first kappa shape index (κ1) is 12.4. The summed E-state index contributed by atoms with van der Waals surface area (Å²) in [5.41, 5.74) is 1.62. The van der Waals surface area contributed by atoms with E-state index < -0.39 is 0 Å². The summed E-state index contributed by atoms with van der Waals surface area (Å²) in [7, 11) is 0. The van der Waals surface area contributed by atoms with E-state index in [2.05, 4.69) is 15.6 Å². The number of carbonyl (C=O) groups is 1. The highest BCUT2D eigenvalue weighted by atomic mass is 35.5. The Balaban J connectivity index is 2.05. The quantitative estimate of drug-likeness (QED) is 0.866. The molecule has 1 aromatic carbocycles. The monoisotopic (exact) mass is 261 g/mol. The minimum absolute atomic E-state index is 0.348. The number of urea groups is 1. The van der Waals surface area contributed by atoms with Crippen molar-refractivity contribution in [3.63, 3.8) is 0 Å². The van der Waals surface area contributed by atoms with Gasteiger partial charge in [-0.1, -0.05) is 23.7 Å². The van der Waals surface area contributed by atoms with E-state index in [4.69, 9.17) is 11.6 Å². The molecule has 2 N–H and O–H groups in total. The van der Waals surface area contributed by atoms with Crippen molar-refractivity contribution in [2.45, 2.75) is 6.92 Å². The molecule has 0 saturated heterocycles. The van der Waals surface area contributed by atoms with Crippen molar-refractivity contribution >= 4 is 29.1 Å². The number of aromatic nitrogens is 1. The molecule has 1 heterocycles. The molecule has 2 aromatic rings. The van der Waals surface area contributed by atoms with Crippen LogP contribution in [-0.2, 0) is 0 Å². The normalized spacial score (nSPS) is 9.89. The van der Waals surface area contributed by atoms with Gasteiger partial charge >= 0.3 is 6.03 Å². The molecule has 2 rings (SSSR count). The number of carbonyl (C=O) groups excluding carboxylic acids is 1. The minimum atomic E-state index is -0.348. The molecule has 0 aliphatic carbocycles. The molecule has 1 aromatic heterocycles. The van der Waals surface area contributed by atoms with E-state index in [1.54, 1.807) is 36.5 Å². The molecular weight excluding hydrogens is 250 g/mol. The van der Waals surface area contributed by atoms with Crippen molar-refractivity contribution in [2.75, 3.05) is 10.6 Å². The second-order valence-corrected chi connectivity index (χ2v) is 4.19. The summed E-state index contributed by atoms with van der Waals surface area (Å²) in [4.78, 5) is 15.7. The van der Waals surface area contributed by atoms with Crippen molar-refractivity contribution in [3.05, 3.63) is 53.2 Å². The summed E-state index contributed by atoms with van der Waals surface area (Å²) in [6.07, 6.45) is 1.61. The van der Waals surface area contributed by atoms with Crippen LogP contribution < -0.4 is 10.6 Å². The Morgan fingerprint density at radius 2 is 2.06 bits per heavy atom. The zero-order chi connectivity index (χ0) is 13.0. The number of benzene rings is 1. The lowest BCUT2D eigenvalue weighted by molar-refractivity contribution is 0.262. The maximum Gasteiger partial charge on any atom is 0.324 e. The number of aryl methyl sites for hydroxylation is 1. The number of rotatable bonds is 2. The maximum atomic E-state index is 11.7. The fraction of sp³-hybridized carbons (Fsp3) is 0.0769. The van der Waals surface area contributed by atoms with Crippen LogP contribution in [0.5, 0.6) is 0 Å². The van der Waals surface area contributed by atoms with Gasteiger partial charge in [0.25, 0.3) is 0 Å². The van der Waals surface area contributed by atoms with Crippen LogP contribution in [0, 0.1) is 6.92 Å². The van der Waals surface area contributed by atoms with Crippen LogP contribution in [-0.4, -0.2) is 11.0 Å². The highest BCUT2D eigenvalue weighted by Crippen LogP contribution is 2.20. The maximum absolute atomic E-state index is 11.7. The van der Waals surface area contributed by atoms with Crippen molar-refractivity contribution in [1.29, 1.82) is 0 Å². The lowest BCUT2D eigenvalue weighted by atomic mass is 10.2. The van der Waals surface area contributed by atoms with E-state index in [9.17, 15) is 4.79 Å². The first-order valence-corrected chi connectivity index (χ1v) is 5.78. The summed E-state index contributed by atoms with van der Waals surface area (Å²) in [5.74, 6) is 0.495. The topological polar surface area (TPSA) is 54.0 Å². The smallest absolute Gasteiger partial charge is 0.307 e. The van der Waals surface area contributed by atoms with Gasteiger partial charge in [0.15, 0.2) is 0 Å². The van der Waals surface area contributed by atoms with Crippen molar-refractivity contribution in [3.8, 4) is 0 Å². The van der Waals surface area contributed by atoms with Gasteiger partial charge in [-0.05, 0) is 36.8 Å². The summed E-state index contributed by atoms with van der Waals surface area (Å²) in [6, 6.07) is 10.3. The Hall–Kier alpha value is -2.07. The van der Waals surface area contributed by atoms with Gasteiger partial charge in [0.2, 0.25) is 0 Å². The Morgan fingerprint density at radius 1 is 1.22 bits per heavy atom. The van der Waals surface area contributed by atoms with Crippen LogP contribution in [0.1, 0.15) is 5.56 Å². The number of nitrogens with one attached hydrogen (secondary N) is 2. The van der Waals surface area contributed by atoms with Crippen LogP contribution >= 0.6 is 11.6 Å². The van der Waals surface area contributed by atoms with E-state index in [0.717, 1.165) is 5.56 Å². The van der Waals surface area contributed by atoms with Gasteiger partial charge in [-0.2, -0.15) is 0 Å². The summed E-state index contributed by atoms with van der Waals surface area (Å²) < 4.78 is 0. The highest BCUT2D eigenvalue weighted by Gasteiger charge is 2.05. The lowest BCUT2D eigenvalue weighted by Gasteiger charge is -2.09. The van der Waals surface area contributed by atoms with E-state index in [-0.39, 0.29) is 6.03 Å². The predicted octanol–water partition coefficient (Wildman–Crippen LogP) is 3.69. The van der Waals surface area contributed by atoms with E-state index >= 15 is 0 Å². The third-order valence-corrected chi connectivity index (χ3v) is 2.59. The average molecular weight is 262 g/mol. The third kappa shape index (κ3) is 3.21. The second kappa shape index (κ2) is 5.51. The minimum Gasteiger partial charge on any atom is -0.307 e. The zero-order valence-electron chi connectivity index (χ0n) is 9.77. The second-order valence-electron chi connectivity index (χ2n) is 3.75. The van der Waals surface area contributed by atoms with Crippen molar-refractivity contribution in [2.24, 2.45) is 0 Å². The molecule has 5 heteroatoms. The number of nitrogens with zero attached hydrogens (tertiary/aromatic N) is 1. The molecule has 0 radical (unpaired) electrons. The SMILES string of the molecule is Cc1ccc(Cl)cc1NC(=O)Nc1ccccn1. The summed E-state index contributed by atoms with van der Waals surface area (Å²) >= 11 is 5.88. The van der Waals surface area contributed by atoms with Gasteiger partial charge in [0.05, 0.1) is 0 Å². The fourth-order valence-electron chi connectivity index (χ4n) is 1.44. The van der Waals surface area contributed by atoms with Crippen molar-refractivity contribution in [1.82, 2.24) is 4.98 Å². The van der Waals surface area contributed by atoms with Crippen molar-refractivity contribution < 1.29 is 4.79 Å². The predicted molar refractivity (Wildman–Crippen MR) is 73.1 cm³/mol. The van der Waals surface area contributed by atoms with Crippen LogP contribution in [0.15, 0.2) is 42.6 Å². The van der Waals surface area contributed by atoms with Gasteiger partial charge in [0.1, 0.15) is 5.82 Å². The number of pyridine rings is 1. The largest absolute Gasteiger partial charge is 0.324 e. The lowest BCUT2D eigenvalue weighted by Crippen LogP contribution is -2.20. The van der Waals surface area contributed by atoms with E-state index in [0.29, 0.717) is 16.5 Å². The first-order valence-electron chi connectivity index (χ1n) is 5.40. The van der Waals surface area contributed by atoms with Gasteiger partial charge in [-0.25, -0.2) is 9.78 Å².